The van der Waals surface area contributed by atoms with Crippen LogP contribution in [0, 0.1) is 0 Å². The number of rotatable bonds is 4. The van der Waals surface area contributed by atoms with Gasteiger partial charge in [0.05, 0.1) is 6.10 Å². The maximum atomic E-state index is 11.6. The van der Waals surface area contributed by atoms with E-state index in [9.17, 15) is 9.90 Å². The lowest BCUT2D eigenvalue weighted by Crippen LogP contribution is -2.35. The van der Waals surface area contributed by atoms with Crippen LogP contribution in [0.2, 0.25) is 0 Å². The van der Waals surface area contributed by atoms with Gasteiger partial charge in [-0.15, -0.1) is 0 Å². The standard InChI is InChI=1S/C13H19NO3/c1-9(15)11-6-5-7-12(8-11)17-10(2)13(16)14(3)4/h5-10,15H,1-4H3/t9-,10?/m1/s1. The van der Waals surface area contributed by atoms with Crippen molar-refractivity contribution in [2.75, 3.05) is 14.1 Å². The monoisotopic (exact) mass is 237 g/mol. The highest BCUT2D eigenvalue weighted by molar-refractivity contribution is 5.80. The molecule has 94 valence electrons. The number of likely N-dealkylation sites (N-methyl/N-ethyl adjacent to an activating group) is 1. The molecule has 17 heavy (non-hydrogen) atoms. The van der Waals surface area contributed by atoms with Crippen LogP contribution < -0.4 is 4.74 Å². The van der Waals surface area contributed by atoms with Crippen molar-refractivity contribution in [2.45, 2.75) is 26.1 Å². The van der Waals surface area contributed by atoms with Gasteiger partial charge in [0.1, 0.15) is 5.75 Å². The molecule has 0 aliphatic heterocycles. The Hall–Kier alpha value is -1.55. The SMILES string of the molecule is CC(Oc1cccc([C@@H](C)O)c1)C(=O)N(C)C. The lowest BCUT2D eigenvalue weighted by Gasteiger charge is -2.18. The number of carbonyl (C=O) groups excluding carboxylic acids is 1. The second-order valence-corrected chi connectivity index (χ2v) is 4.24. The summed E-state index contributed by atoms with van der Waals surface area (Å²) in [6.45, 7) is 3.39. The van der Waals surface area contributed by atoms with E-state index in [1.807, 2.05) is 6.07 Å². The predicted molar refractivity (Wildman–Crippen MR) is 65.9 cm³/mol. The van der Waals surface area contributed by atoms with Gasteiger partial charge in [0.15, 0.2) is 6.10 Å². The minimum absolute atomic E-state index is 0.0903. The number of aliphatic hydroxyl groups is 1. The number of nitrogens with zero attached hydrogens (tertiary/aromatic N) is 1. The molecular formula is C13H19NO3. The van der Waals surface area contributed by atoms with Crippen LogP contribution in [0.5, 0.6) is 5.75 Å². The van der Waals surface area contributed by atoms with E-state index < -0.39 is 12.2 Å². The number of benzene rings is 1. The number of hydrogen-bond donors (Lipinski definition) is 1. The summed E-state index contributed by atoms with van der Waals surface area (Å²) in [5, 5.41) is 9.45. The van der Waals surface area contributed by atoms with Crippen molar-refractivity contribution < 1.29 is 14.6 Å². The van der Waals surface area contributed by atoms with Gasteiger partial charge in [0.2, 0.25) is 0 Å². The zero-order valence-corrected chi connectivity index (χ0v) is 10.7. The normalized spacial score (nSPS) is 13.9. The van der Waals surface area contributed by atoms with E-state index in [4.69, 9.17) is 4.74 Å². The molecule has 1 amide bonds. The van der Waals surface area contributed by atoms with Crippen molar-refractivity contribution in [2.24, 2.45) is 0 Å². The van der Waals surface area contributed by atoms with E-state index in [0.29, 0.717) is 5.75 Å². The van der Waals surface area contributed by atoms with Gasteiger partial charge in [-0.2, -0.15) is 0 Å². The third kappa shape index (κ3) is 3.75. The maximum Gasteiger partial charge on any atom is 0.262 e. The lowest BCUT2D eigenvalue weighted by molar-refractivity contribution is -0.135. The van der Waals surface area contributed by atoms with Gasteiger partial charge in [-0.1, -0.05) is 12.1 Å². The number of hydrogen-bond acceptors (Lipinski definition) is 3. The van der Waals surface area contributed by atoms with E-state index in [1.54, 1.807) is 46.1 Å². The van der Waals surface area contributed by atoms with E-state index in [1.165, 1.54) is 4.90 Å². The molecule has 0 aromatic heterocycles. The summed E-state index contributed by atoms with van der Waals surface area (Å²) in [6, 6.07) is 7.12. The van der Waals surface area contributed by atoms with Crippen LogP contribution in [-0.2, 0) is 4.79 Å². The molecule has 1 aromatic carbocycles. The first kappa shape index (κ1) is 13.5. The van der Waals surface area contributed by atoms with Crippen LogP contribution in [0.15, 0.2) is 24.3 Å². The molecule has 0 spiro atoms. The molecule has 2 atom stereocenters. The molecule has 1 rings (SSSR count). The number of ether oxygens (including phenoxy) is 1. The minimum atomic E-state index is -0.543. The Morgan fingerprint density at radius 2 is 2.00 bits per heavy atom. The highest BCUT2D eigenvalue weighted by Crippen LogP contribution is 2.19. The van der Waals surface area contributed by atoms with E-state index >= 15 is 0 Å². The van der Waals surface area contributed by atoms with Crippen LogP contribution in [0.4, 0.5) is 0 Å². The Labute approximate surface area is 102 Å². The highest BCUT2D eigenvalue weighted by Gasteiger charge is 2.16. The average molecular weight is 237 g/mol. The summed E-state index contributed by atoms with van der Waals surface area (Å²) >= 11 is 0. The van der Waals surface area contributed by atoms with Crippen molar-refractivity contribution >= 4 is 5.91 Å². The number of amides is 1. The molecule has 0 saturated heterocycles. The van der Waals surface area contributed by atoms with Crippen LogP contribution in [0.3, 0.4) is 0 Å². The van der Waals surface area contributed by atoms with E-state index in [0.717, 1.165) is 5.56 Å². The fourth-order valence-electron chi connectivity index (χ4n) is 1.47. The second-order valence-electron chi connectivity index (χ2n) is 4.24. The van der Waals surface area contributed by atoms with E-state index in [2.05, 4.69) is 0 Å². The maximum absolute atomic E-state index is 11.6. The van der Waals surface area contributed by atoms with Gasteiger partial charge >= 0.3 is 0 Å². The molecule has 0 saturated carbocycles. The first-order valence-electron chi connectivity index (χ1n) is 5.57. The molecule has 0 aliphatic carbocycles. The molecule has 0 aliphatic rings. The molecule has 4 nitrogen and oxygen atoms in total. The average Bonchev–Trinajstić information content (AvgIpc) is 2.28. The zero-order valence-electron chi connectivity index (χ0n) is 10.7. The summed E-state index contributed by atoms with van der Waals surface area (Å²) in [4.78, 5) is 13.1. The smallest absolute Gasteiger partial charge is 0.262 e. The van der Waals surface area contributed by atoms with Gasteiger partial charge < -0.3 is 14.7 Å². The fraction of sp³-hybridized carbons (Fsp3) is 0.462. The van der Waals surface area contributed by atoms with Crippen LogP contribution in [0.1, 0.15) is 25.5 Å². The Kier molecular flexibility index (Phi) is 4.52. The van der Waals surface area contributed by atoms with E-state index in [-0.39, 0.29) is 5.91 Å². The van der Waals surface area contributed by atoms with Crippen LogP contribution in [0.25, 0.3) is 0 Å². The van der Waals surface area contributed by atoms with Gasteiger partial charge in [-0.25, -0.2) is 0 Å². The van der Waals surface area contributed by atoms with Crippen molar-refractivity contribution in [3.63, 3.8) is 0 Å². The van der Waals surface area contributed by atoms with Crippen molar-refractivity contribution in [3.05, 3.63) is 29.8 Å². The Balaban J connectivity index is 2.75. The molecule has 0 radical (unpaired) electrons. The second kappa shape index (κ2) is 5.68. The van der Waals surface area contributed by atoms with Gasteiger partial charge in [0, 0.05) is 14.1 Å². The molecular weight excluding hydrogens is 218 g/mol. The molecule has 1 aromatic rings. The molecule has 0 fully saturated rings. The lowest BCUT2D eigenvalue weighted by atomic mass is 10.1. The largest absolute Gasteiger partial charge is 0.481 e. The van der Waals surface area contributed by atoms with Gasteiger partial charge in [-0.05, 0) is 31.5 Å². The molecule has 1 N–H and O–H groups in total. The Morgan fingerprint density at radius 1 is 1.35 bits per heavy atom. The molecule has 0 heterocycles. The molecule has 1 unspecified atom stereocenters. The first-order valence-corrected chi connectivity index (χ1v) is 5.57. The number of aliphatic hydroxyl groups excluding tert-OH is 1. The summed E-state index contributed by atoms with van der Waals surface area (Å²) < 4.78 is 5.53. The quantitative estimate of drug-likeness (QED) is 0.865. The third-order valence-corrected chi connectivity index (χ3v) is 2.44. The van der Waals surface area contributed by atoms with Gasteiger partial charge in [0.25, 0.3) is 5.91 Å². The first-order chi connectivity index (χ1) is 7.91. The Morgan fingerprint density at radius 3 is 2.53 bits per heavy atom. The van der Waals surface area contributed by atoms with Gasteiger partial charge in [-0.3, -0.25) is 4.79 Å². The molecule has 0 bridgehead atoms. The number of carbonyl (C=O) groups is 1. The fourth-order valence-corrected chi connectivity index (χ4v) is 1.47. The third-order valence-electron chi connectivity index (χ3n) is 2.44. The summed E-state index contributed by atoms with van der Waals surface area (Å²) in [7, 11) is 3.38. The minimum Gasteiger partial charge on any atom is -0.481 e. The van der Waals surface area contributed by atoms with Crippen LogP contribution >= 0.6 is 0 Å². The van der Waals surface area contributed by atoms with Crippen LogP contribution in [-0.4, -0.2) is 36.1 Å². The summed E-state index contributed by atoms with van der Waals surface area (Å²) in [5.74, 6) is 0.499. The predicted octanol–water partition coefficient (Wildman–Crippen LogP) is 1.60. The van der Waals surface area contributed by atoms with Crippen molar-refractivity contribution in [1.82, 2.24) is 4.90 Å². The highest BCUT2D eigenvalue weighted by atomic mass is 16.5. The summed E-state index contributed by atoms with van der Waals surface area (Å²) in [6.07, 6.45) is -1.08. The topological polar surface area (TPSA) is 49.8 Å². The molecule has 4 heteroatoms. The van der Waals surface area contributed by atoms with Crippen molar-refractivity contribution in [3.8, 4) is 5.75 Å². The van der Waals surface area contributed by atoms with Crippen molar-refractivity contribution in [1.29, 1.82) is 0 Å². The zero-order chi connectivity index (χ0) is 13.0. The summed E-state index contributed by atoms with van der Waals surface area (Å²) in [5.41, 5.74) is 0.770. The Bertz CT molecular complexity index is 388.